The fourth-order valence-electron chi connectivity index (χ4n) is 1.93. The monoisotopic (exact) mass is 243 g/mol. The van der Waals surface area contributed by atoms with Crippen LogP contribution in [0.15, 0.2) is 4.99 Å². The van der Waals surface area contributed by atoms with Crippen LogP contribution >= 0.6 is 0 Å². The van der Waals surface area contributed by atoms with Crippen molar-refractivity contribution < 1.29 is 4.74 Å². The van der Waals surface area contributed by atoms with Gasteiger partial charge in [-0.3, -0.25) is 10.3 Å². The molecule has 17 heavy (non-hydrogen) atoms. The van der Waals surface area contributed by atoms with Gasteiger partial charge in [-0.15, -0.1) is 0 Å². The van der Waals surface area contributed by atoms with Crippen LogP contribution in [-0.4, -0.2) is 68.2 Å². The molecular formula is C11H25N5O. The molecule has 0 unspecified atom stereocenters. The molecule has 3 N–H and O–H groups in total. The number of guanidine groups is 1. The van der Waals surface area contributed by atoms with E-state index in [0.29, 0.717) is 19.2 Å². The van der Waals surface area contributed by atoms with E-state index in [4.69, 9.17) is 10.6 Å². The maximum atomic E-state index is 5.50. The van der Waals surface area contributed by atoms with Crippen LogP contribution in [0.25, 0.3) is 0 Å². The number of hydrogen-bond donors (Lipinski definition) is 2. The lowest BCUT2D eigenvalue weighted by molar-refractivity contribution is 0.146. The zero-order chi connectivity index (χ0) is 12.7. The summed E-state index contributed by atoms with van der Waals surface area (Å²) in [7, 11) is 1.67. The van der Waals surface area contributed by atoms with E-state index in [2.05, 4.69) is 34.1 Å². The molecule has 6 heteroatoms. The molecule has 0 aromatic rings. The minimum atomic E-state index is 0.608. The Kier molecular flexibility index (Phi) is 6.25. The quantitative estimate of drug-likeness (QED) is 0.229. The van der Waals surface area contributed by atoms with E-state index in [-0.39, 0.29) is 0 Å². The van der Waals surface area contributed by atoms with Gasteiger partial charge in [-0.1, -0.05) is 0 Å². The summed E-state index contributed by atoms with van der Waals surface area (Å²) in [4.78, 5) is 9.04. The number of nitrogens with two attached hydrogens (primary N) is 1. The largest absolute Gasteiger partial charge is 0.383 e. The van der Waals surface area contributed by atoms with Gasteiger partial charge in [-0.2, -0.15) is 0 Å². The van der Waals surface area contributed by atoms with Crippen LogP contribution in [0.3, 0.4) is 0 Å². The smallest absolute Gasteiger partial charge is 0.208 e. The molecule has 1 saturated heterocycles. The minimum absolute atomic E-state index is 0.608. The number of nitrogens with one attached hydrogen (secondary N) is 1. The highest BCUT2D eigenvalue weighted by Crippen LogP contribution is 2.05. The van der Waals surface area contributed by atoms with Crippen LogP contribution in [0, 0.1) is 0 Å². The maximum Gasteiger partial charge on any atom is 0.208 e. The third-order valence-corrected chi connectivity index (χ3v) is 3.03. The van der Waals surface area contributed by atoms with Crippen LogP contribution in [-0.2, 0) is 4.74 Å². The Labute approximate surface area is 104 Å². The first-order valence-electron chi connectivity index (χ1n) is 6.18. The summed E-state index contributed by atoms with van der Waals surface area (Å²) < 4.78 is 4.97. The second-order valence-corrected chi connectivity index (χ2v) is 4.46. The molecule has 1 heterocycles. The van der Waals surface area contributed by atoms with Crippen molar-refractivity contribution in [1.82, 2.24) is 15.2 Å². The first kappa shape index (κ1) is 14.2. The van der Waals surface area contributed by atoms with E-state index < -0.39 is 0 Å². The lowest BCUT2D eigenvalue weighted by Crippen LogP contribution is -2.55. The van der Waals surface area contributed by atoms with Crippen molar-refractivity contribution in [2.24, 2.45) is 10.8 Å². The topological polar surface area (TPSA) is 66.1 Å². The van der Waals surface area contributed by atoms with Crippen molar-refractivity contribution in [2.45, 2.75) is 19.9 Å². The lowest BCUT2D eigenvalue weighted by Gasteiger charge is -2.38. The average Bonchev–Trinajstić information content (AvgIpc) is 2.35. The highest BCUT2D eigenvalue weighted by atomic mass is 16.5. The maximum absolute atomic E-state index is 5.50. The molecule has 0 spiro atoms. The highest BCUT2D eigenvalue weighted by molar-refractivity contribution is 5.79. The van der Waals surface area contributed by atoms with Gasteiger partial charge in [0, 0.05) is 39.3 Å². The summed E-state index contributed by atoms with van der Waals surface area (Å²) in [6.07, 6.45) is 0. The molecule has 1 fully saturated rings. The predicted molar refractivity (Wildman–Crippen MR) is 69.8 cm³/mol. The second-order valence-electron chi connectivity index (χ2n) is 4.46. The van der Waals surface area contributed by atoms with E-state index in [1.807, 2.05) is 0 Å². The number of methoxy groups -OCH3 is 1. The molecule has 1 rings (SSSR count). The number of rotatable bonds is 4. The third-order valence-electron chi connectivity index (χ3n) is 3.03. The van der Waals surface area contributed by atoms with Crippen LogP contribution < -0.4 is 11.3 Å². The van der Waals surface area contributed by atoms with Gasteiger partial charge >= 0.3 is 0 Å². The molecule has 1 aliphatic heterocycles. The summed E-state index contributed by atoms with van der Waals surface area (Å²) in [6, 6.07) is 0.608. The van der Waals surface area contributed by atoms with Gasteiger partial charge in [-0.05, 0) is 13.8 Å². The number of hydrogen-bond acceptors (Lipinski definition) is 4. The molecule has 0 bridgehead atoms. The Bertz CT molecular complexity index is 236. The van der Waals surface area contributed by atoms with Gasteiger partial charge in [0.15, 0.2) is 0 Å². The van der Waals surface area contributed by atoms with Gasteiger partial charge in [0.2, 0.25) is 5.96 Å². The molecule has 0 aromatic carbocycles. The van der Waals surface area contributed by atoms with E-state index >= 15 is 0 Å². The van der Waals surface area contributed by atoms with Crippen molar-refractivity contribution in [2.75, 3.05) is 46.4 Å². The van der Waals surface area contributed by atoms with E-state index in [9.17, 15) is 0 Å². The Morgan fingerprint density at radius 2 is 2.00 bits per heavy atom. The third kappa shape index (κ3) is 4.49. The SMILES string of the molecule is COCCN=C(NN)N1CCN(C(C)C)CC1. The zero-order valence-electron chi connectivity index (χ0n) is 11.1. The van der Waals surface area contributed by atoms with Crippen molar-refractivity contribution in [3.63, 3.8) is 0 Å². The zero-order valence-corrected chi connectivity index (χ0v) is 11.1. The Hall–Kier alpha value is -0.850. The summed E-state index contributed by atoms with van der Waals surface area (Å²) in [6.45, 7) is 9.76. The van der Waals surface area contributed by atoms with E-state index in [1.54, 1.807) is 7.11 Å². The van der Waals surface area contributed by atoms with Gasteiger partial charge in [0.05, 0.1) is 13.2 Å². The number of aliphatic imine (C=N–C) groups is 1. The minimum Gasteiger partial charge on any atom is -0.383 e. The van der Waals surface area contributed by atoms with Crippen molar-refractivity contribution >= 4 is 5.96 Å². The van der Waals surface area contributed by atoms with Crippen LogP contribution in [0.4, 0.5) is 0 Å². The lowest BCUT2D eigenvalue weighted by atomic mass is 10.2. The highest BCUT2D eigenvalue weighted by Gasteiger charge is 2.20. The molecule has 0 aromatic heterocycles. The van der Waals surface area contributed by atoms with Gasteiger partial charge in [0.1, 0.15) is 0 Å². The van der Waals surface area contributed by atoms with E-state index in [0.717, 1.165) is 32.1 Å². The summed E-state index contributed by atoms with van der Waals surface area (Å²) >= 11 is 0. The molecule has 1 aliphatic rings. The molecule has 6 nitrogen and oxygen atoms in total. The first-order chi connectivity index (χ1) is 8.19. The number of hydrazine groups is 1. The van der Waals surface area contributed by atoms with E-state index in [1.165, 1.54) is 0 Å². The van der Waals surface area contributed by atoms with Gasteiger partial charge < -0.3 is 9.64 Å². The molecule has 0 radical (unpaired) electrons. The molecular weight excluding hydrogens is 218 g/mol. The van der Waals surface area contributed by atoms with Crippen LogP contribution in [0.2, 0.25) is 0 Å². The van der Waals surface area contributed by atoms with Gasteiger partial charge in [-0.25, -0.2) is 10.8 Å². The summed E-state index contributed by atoms with van der Waals surface area (Å²) in [5.74, 6) is 6.27. The Balaban J connectivity index is 2.42. The average molecular weight is 243 g/mol. The standard InChI is InChI=1S/C11H25N5O/c1-10(2)15-5-7-16(8-6-15)11(14-12)13-4-9-17-3/h10H,4-9,12H2,1-3H3,(H,13,14). The van der Waals surface area contributed by atoms with Gasteiger partial charge in [0.25, 0.3) is 0 Å². The second kappa shape index (κ2) is 7.47. The molecule has 100 valence electrons. The number of ether oxygens (including phenoxy) is 1. The molecule has 0 amide bonds. The fraction of sp³-hybridized carbons (Fsp3) is 0.909. The Morgan fingerprint density at radius 1 is 1.35 bits per heavy atom. The predicted octanol–water partition coefficient (Wildman–Crippen LogP) is -0.522. The van der Waals surface area contributed by atoms with Crippen LogP contribution in [0.5, 0.6) is 0 Å². The first-order valence-corrected chi connectivity index (χ1v) is 6.18. The van der Waals surface area contributed by atoms with Crippen molar-refractivity contribution in [3.05, 3.63) is 0 Å². The number of nitrogens with zero attached hydrogens (tertiary/aromatic N) is 3. The number of piperazine rings is 1. The normalized spacial score (nSPS) is 18.9. The molecule has 0 saturated carbocycles. The summed E-state index contributed by atoms with van der Waals surface area (Å²) in [5, 5.41) is 0. The summed E-state index contributed by atoms with van der Waals surface area (Å²) in [5.41, 5.74) is 2.68. The van der Waals surface area contributed by atoms with Crippen molar-refractivity contribution in [3.8, 4) is 0 Å². The van der Waals surface area contributed by atoms with Crippen molar-refractivity contribution in [1.29, 1.82) is 0 Å². The Morgan fingerprint density at radius 3 is 2.47 bits per heavy atom. The molecule has 0 atom stereocenters. The molecule has 0 aliphatic carbocycles. The fourth-order valence-corrected chi connectivity index (χ4v) is 1.93. The van der Waals surface area contributed by atoms with Crippen LogP contribution in [0.1, 0.15) is 13.8 Å².